The highest BCUT2D eigenvalue weighted by Gasteiger charge is 2.35. The van der Waals surface area contributed by atoms with Gasteiger partial charge < -0.3 is 9.15 Å². The van der Waals surface area contributed by atoms with E-state index in [0.717, 1.165) is 28.9 Å². The Balaban J connectivity index is 1.86. The summed E-state index contributed by atoms with van der Waals surface area (Å²) in [6, 6.07) is 15.2. The third-order valence-corrected chi connectivity index (χ3v) is 6.49. The smallest absolute Gasteiger partial charge is 0.231 e. The number of benzene rings is 3. The van der Waals surface area contributed by atoms with Gasteiger partial charge in [0.2, 0.25) is 5.69 Å². The summed E-state index contributed by atoms with van der Waals surface area (Å²) in [7, 11) is 2.11. The van der Waals surface area contributed by atoms with E-state index in [9.17, 15) is 0 Å². The van der Waals surface area contributed by atoms with E-state index in [4.69, 9.17) is 9.15 Å². The Labute approximate surface area is 181 Å². The SMILES string of the molecule is Cc1c2c(c(CC(C)(C)C)c3ccc4ccccc4c13)Oc1coc3cc[n+](C)c-2c13. The van der Waals surface area contributed by atoms with Crippen molar-refractivity contribution in [3.05, 3.63) is 66.1 Å². The van der Waals surface area contributed by atoms with Crippen LogP contribution in [0.2, 0.25) is 0 Å². The lowest BCUT2D eigenvalue weighted by atomic mass is 9.81. The summed E-state index contributed by atoms with van der Waals surface area (Å²) < 4.78 is 14.7. The predicted molar refractivity (Wildman–Crippen MR) is 126 cm³/mol. The summed E-state index contributed by atoms with van der Waals surface area (Å²) >= 11 is 0. The maximum absolute atomic E-state index is 6.62. The number of pyridine rings is 1. The van der Waals surface area contributed by atoms with Crippen LogP contribution in [0.25, 0.3) is 43.8 Å². The van der Waals surface area contributed by atoms with Gasteiger partial charge in [0.05, 0.1) is 5.56 Å². The fraction of sp³-hybridized carbons (Fsp3) is 0.250. The van der Waals surface area contributed by atoms with Crippen molar-refractivity contribution in [2.24, 2.45) is 12.5 Å². The average molecular weight is 409 g/mol. The molecule has 3 aromatic carbocycles. The van der Waals surface area contributed by atoms with Crippen LogP contribution in [0.3, 0.4) is 0 Å². The molecule has 5 aromatic rings. The molecule has 3 nitrogen and oxygen atoms in total. The van der Waals surface area contributed by atoms with Crippen LogP contribution in [0.1, 0.15) is 31.9 Å². The van der Waals surface area contributed by atoms with Crippen molar-refractivity contribution in [1.82, 2.24) is 0 Å². The first-order valence-corrected chi connectivity index (χ1v) is 10.9. The van der Waals surface area contributed by atoms with E-state index in [-0.39, 0.29) is 5.41 Å². The number of nitrogens with zero attached hydrogens (tertiary/aromatic N) is 1. The molecule has 0 amide bonds. The van der Waals surface area contributed by atoms with Crippen LogP contribution in [-0.2, 0) is 13.5 Å². The maximum atomic E-state index is 6.62. The van der Waals surface area contributed by atoms with Crippen LogP contribution in [0.4, 0.5) is 0 Å². The first-order valence-electron chi connectivity index (χ1n) is 10.9. The molecule has 0 radical (unpaired) electrons. The highest BCUT2D eigenvalue weighted by Crippen LogP contribution is 2.52. The molecule has 0 fully saturated rings. The molecule has 1 aliphatic heterocycles. The van der Waals surface area contributed by atoms with E-state index < -0.39 is 0 Å². The highest BCUT2D eigenvalue weighted by molar-refractivity contribution is 6.14. The molecule has 3 heterocycles. The van der Waals surface area contributed by atoms with Crippen molar-refractivity contribution in [2.75, 3.05) is 0 Å². The predicted octanol–water partition coefficient (Wildman–Crippen LogP) is 7.23. The number of hydrogen-bond acceptors (Lipinski definition) is 2. The van der Waals surface area contributed by atoms with Crippen LogP contribution in [-0.4, -0.2) is 0 Å². The number of aromatic nitrogens is 1. The summed E-state index contributed by atoms with van der Waals surface area (Å²) in [5, 5.41) is 6.23. The van der Waals surface area contributed by atoms with Gasteiger partial charge in [0.1, 0.15) is 24.4 Å². The average Bonchev–Trinajstić information content (AvgIpc) is 3.15. The number of rotatable bonds is 1. The molecule has 0 unspecified atom stereocenters. The lowest BCUT2D eigenvalue weighted by Gasteiger charge is -2.27. The molecule has 1 aliphatic rings. The van der Waals surface area contributed by atoms with Gasteiger partial charge in [-0.15, -0.1) is 0 Å². The standard InChI is InChI=1S/C28H26NO2/c1-16-23-18-9-7-6-8-17(18)10-11-19(23)20(14-28(2,3)4)27-24(16)26-25-21(12-13-29(26)5)30-15-22(25)31-27/h6-13,15H,14H2,1-5H3/q+1. The van der Waals surface area contributed by atoms with Gasteiger partial charge in [-0.3, -0.25) is 0 Å². The van der Waals surface area contributed by atoms with Gasteiger partial charge in [-0.25, -0.2) is 0 Å². The number of furan rings is 1. The van der Waals surface area contributed by atoms with Gasteiger partial charge in [-0.05, 0) is 45.9 Å². The lowest BCUT2D eigenvalue weighted by molar-refractivity contribution is -0.659. The summed E-state index contributed by atoms with van der Waals surface area (Å²) in [5.74, 6) is 1.79. The minimum absolute atomic E-state index is 0.121. The molecular formula is C28H26NO2+. The van der Waals surface area contributed by atoms with Gasteiger partial charge in [0.15, 0.2) is 17.5 Å². The zero-order valence-electron chi connectivity index (χ0n) is 18.7. The molecule has 2 aromatic heterocycles. The number of fused-ring (bicyclic) bond motifs is 5. The van der Waals surface area contributed by atoms with Crippen molar-refractivity contribution >= 4 is 32.5 Å². The van der Waals surface area contributed by atoms with Crippen molar-refractivity contribution in [1.29, 1.82) is 0 Å². The van der Waals surface area contributed by atoms with Crippen molar-refractivity contribution in [3.63, 3.8) is 0 Å². The molecule has 0 saturated carbocycles. The Hall–Kier alpha value is -3.33. The molecule has 0 aliphatic carbocycles. The monoisotopic (exact) mass is 408 g/mol. The lowest BCUT2D eigenvalue weighted by Crippen LogP contribution is -2.31. The summed E-state index contributed by atoms with van der Waals surface area (Å²) in [4.78, 5) is 0. The number of aryl methyl sites for hydroxylation is 2. The fourth-order valence-corrected chi connectivity index (χ4v) is 5.23. The number of hydrogen-bond donors (Lipinski definition) is 0. The third-order valence-electron chi connectivity index (χ3n) is 6.49. The minimum atomic E-state index is 0.121. The van der Waals surface area contributed by atoms with E-state index in [0.29, 0.717) is 0 Å². The summed E-state index contributed by atoms with van der Waals surface area (Å²) in [6.07, 6.45) is 4.76. The highest BCUT2D eigenvalue weighted by atomic mass is 16.5. The van der Waals surface area contributed by atoms with Crippen LogP contribution in [0.5, 0.6) is 11.5 Å². The molecule has 0 N–H and O–H groups in total. The second kappa shape index (κ2) is 6.10. The molecule has 0 bridgehead atoms. The van der Waals surface area contributed by atoms with Crippen LogP contribution in [0, 0.1) is 12.3 Å². The first-order chi connectivity index (χ1) is 14.8. The van der Waals surface area contributed by atoms with Crippen molar-refractivity contribution in [2.45, 2.75) is 34.1 Å². The van der Waals surface area contributed by atoms with Gasteiger partial charge in [-0.2, -0.15) is 4.57 Å². The molecule has 3 heteroatoms. The zero-order chi connectivity index (χ0) is 21.5. The maximum Gasteiger partial charge on any atom is 0.231 e. The Morgan fingerprint density at radius 2 is 1.74 bits per heavy atom. The summed E-state index contributed by atoms with van der Waals surface area (Å²) in [5.41, 5.74) is 5.88. The second-order valence-corrected chi connectivity index (χ2v) is 9.97. The van der Waals surface area contributed by atoms with Crippen LogP contribution < -0.4 is 9.30 Å². The molecule has 31 heavy (non-hydrogen) atoms. The molecule has 0 spiro atoms. The third kappa shape index (κ3) is 2.56. The van der Waals surface area contributed by atoms with Gasteiger partial charge >= 0.3 is 0 Å². The second-order valence-electron chi connectivity index (χ2n) is 9.97. The van der Waals surface area contributed by atoms with E-state index >= 15 is 0 Å². The number of ether oxygens (including phenoxy) is 1. The van der Waals surface area contributed by atoms with E-state index in [1.165, 1.54) is 43.9 Å². The fourth-order valence-electron chi connectivity index (χ4n) is 5.23. The van der Waals surface area contributed by atoms with Gasteiger partial charge in [0, 0.05) is 11.6 Å². The molecule has 0 atom stereocenters. The quantitative estimate of drug-likeness (QED) is 0.212. The van der Waals surface area contributed by atoms with Gasteiger partial charge in [-0.1, -0.05) is 57.2 Å². The zero-order valence-corrected chi connectivity index (χ0v) is 18.7. The Kier molecular flexibility index (Phi) is 3.63. The Morgan fingerprint density at radius 1 is 0.935 bits per heavy atom. The van der Waals surface area contributed by atoms with Crippen molar-refractivity contribution < 1.29 is 13.7 Å². The van der Waals surface area contributed by atoms with E-state index in [2.05, 4.69) is 81.9 Å². The summed E-state index contributed by atoms with van der Waals surface area (Å²) in [6.45, 7) is 9.11. The topological polar surface area (TPSA) is 26.2 Å². The molecule has 154 valence electrons. The Bertz CT molecular complexity index is 1530. The Morgan fingerprint density at radius 3 is 2.55 bits per heavy atom. The normalized spacial score (nSPS) is 13.1. The first kappa shape index (κ1) is 18.4. The van der Waals surface area contributed by atoms with E-state index in [1.54, 1.807) is 6.26 Å². The van der Waals surface area contributed by atoms with Crippen LogP contribution in [0.15, 0.2) is 59.3 Å². The largest absolute Gasteiger partial charge is 0.460 e. The molecule has 0 saturated heterocycles. The van der Waals surface area contributed by atoms with Crippen molar-refractivity contribution in [3.8, 4) is 22.8 Å². The molecule has 6 rings (SSSR count). The van der Waals surface area contributed by atoms with Gasteiger partial charge in [0.25, 0.3) is 0 Å². The minimum Gasteiger partial charge on any atom is -0.460 e. The molecular weight excluding hydrogens is 382 g/mol. The van der Waals surface area contributed by atoms with Crippen LogP contribution >= 0.6 is 0 Å². The van der Waals surface area contributed by atoms with E-state index in [1.807, 2.05) is 6.07 Å².